The highest BCUT2D eigenvalue weighted by molar-refractivity contribution is 6.30. The Labute approximate surface area is 121 Å². The van der Waals surface area contributed by atoms with Gasteiger partial charge in [-0.3, -0.25) is 4.79 Å². The minimum Gasteiger partial charge on any atom is -0.480 e. The van der Waals surface area contributed by atoms with E-state index in [2.05, 4.69) is 5.32 Å². The Kier molecular flexibility index (Phi) is 4.30. The Morgan fingerprint density at radius 3 is 2.35 bits per heavy atom. The second-order valence-corrected chi connectivity index (χ2v) is 5.40. The summed E-state index contributed by atoms with van der Waals surface area (Å²) in [6, 6.07) is 5.95. The molecule has 0 heterocycles. The number of benzene rings is 1. The molecule has 5 nitrogen and oxygen atoms in total. The van der Waals surface area contributed by atoms with Crippen LogP contribution in [0.1, 0.15) is 24.8 Å². The molecule has 1 fully saturated rings. The van der Waals surface area contributed by atoms with Gasteiger partial charge >= 0.3 is 5.97 Å². The van der Waals surface area contributed by atoms with Gasteiger partial charge in [0.15, 0.2) is 0 Å². The van der Waals surface area contributed by atoms with Crippen LogP contribution >= 0.6 is 11.6 Å². The summed E-state index contributed by atoms with van der Waals surface area (Å²) in [5, 5.41) is 20.9. The first-order valence-electron chi connectivity index (χ1n) is 6.40. The van der Waals surface area contributed by atoms with E-state index >= 15 is 0 Å². The van der Waals surface area contributed by atoms with Crippen LogP contribution in [0.15, 0.2) is 24.3 Å². The monoisotopic (exact) mass is 297 g/mol. The van der Waals surface area contributed by atoms with Gasteiger partial charge in [-0.05, 0) is 30.5 Å². The third kappa shape index (κ3) is 2.94. The quantitative estimate of drug-likeness (QED) is 0.739. The van der Waals surface area contributed by atoms with Crippen LogP contribution in [0.3, 0.4) is 0 Å². The molecule has 0 bridgehead atoms. The number of hydrogen-bond donors (Lipinski definition) is 3. The summed E-state index contributed by atoms with van der Waals surface area (Å²) < 4.78 is 0. The second-order valence-electron chi connectivity index (χ2n) is 4.97. The predicted octanol–water partition coefficient (Wildman–Crippen LogP) is 1.32. The van der Waals surface area contributed by atoms with Gasteiger partial charge in [-0.1, -0.05) is 23.7 Å². The molecule has 108 valence electrons. The van der Waals surface area contributed by atoms with Gasteiger partial charge in [-0.2, -0.15) is 0 Å². The highest BCUT2D eigenvalue weighted by atomic mass is 35.5. The van der Waals surface area contributed by atoms with Crippen molar-refractivity contribution in [2.45, 2.75) is 30.7 Å². The molecule has 20 heavy (non-hydrogen) atoms. The average molecular weight is 298 g/mol. The molecule has 0 unspecified atom stereocenters. The number of aliphatic hydroxyl groups excluding tert-OH is 1. The fourth-order valence-electron chi connectivity index (χ4n) is 2.22. The Morgan fingerprint density at radius 1 is 1.30 bits per heavy atom. The zero-order valence-electron chi connectivity index (χ0n) is 10.8. The lowest BCUT2D eigenvalue weighted by atomic mass is 9.94. The van der Waals surface area contributed by atoms with E-state index in [1.54, 1.807) is 24.3 Å². The van der Waals surface area contributed by atoms with Gasteiger partial charge in [0.1, 0.15) is 6.04 Å². The van der Waals surface area contributed by atoms with Gasteiger partial charge in [-0.25, -0.2) is 4.79 Å². The maximum atomic E-state index is 12.3. The van der Waals surface area contributed by atoms with Gasteiger partial charge in [-0.15, -0.1) is 0 Å². The number of halogens is 1. The van der Waals surface area contributed by atoms with Gasteiger partial charge in [0.25, 0.3) is 0 Å². The fraction of sp³-hybridized carbons (Fsp3) is 0.429. The van der Waals surface area contributed by atoms with Crippen LogP contribution < -0.4 is 5.32 Å². The summed E-state index contributed by atoms with van der Waals surface area (Å²) in [6.45, 7) is -0.287. The Morgan fingerprint density at radius 2 is 1.90 bits per heavy atom. The van der Waals surface area contributed by atoms with Gasteiger partial charge in [0.05, 0.1) is 5.41 Å². The Bertz CT molecular complexity index is 510. The van der Waals surface area contributed by atoms with Crippen LogP contribution in [-0.4, -0.2) is 34.7 Å². The lowest BCUT2D eigenvalue weighted by Gasteiger charge is -2.19. The highest BCUT2D eigenvalue weighted by Gasteiger charge is 2.51. The number of carboxylic acids is 1. The molecule has 1 amide bonds. The Balaban J connectivity index is 2.12. The summed E-state index contributed by atoms with van der Waals surface area (Å²) in [6.07, 6.45) is 1.37. The van der Waals surface area contributed by atoms with Crippen molar-refractivity contribution in [2.75, 3.05) is 6.61 Å². The summed E-state index contributed by atoms with van der Waals surface area (Å²) in [5.41, 5.74) is 0.195. The first-order valence-corrected chi connectivity index (χ1v) is 6.78. The summed E-state index contributed by atoms with van der Waals surface area (Å²) in [4.78, 5) is 23.3. The molecule has 1 aromatic rings. The molecule has 0 saturated heterocycles. The smallest absolute Gasteiger partial charge is 0.326 e. The molecule has 0 spiro atoms. The van der Waals surface area contributed by atoms with E-state index in [-0.39, 0.29) is 18.9 Å². The van der Waals surface area contributed by atoms with Crippen molar-refractivity contribution in [3.05, 3.63) is 34.9 Å². The largest absolute Gasteiger partial charge is 0.480 e. The summed E-state index contributed by atoms with van der Waals surface area (Å²) in [5.74, 6) is -1.44. The SMILES string of the molecule is O=C(O)[C@H](CCO)NC(=O)C1(c2ccc(Cl)cc2)CC1. The molecule has 6 heteroatoms. The fourth-order valence-corrected chi connectivity index (χ4v) is 2.35. The highest BCUT2D eigenvalue weighted by Crippen LogP contribution is 2.48. The van der Waals surface area contributed by atoms with Gasteiger partial charge < -0.3 is 15.5 Å². The number of hydrogen-bond acceptors (Lipinski definition) is 3. The lowest BCUT2D eigenvalue weighted by molar-refractivity contribution is -0.142. The third-order valence-electron chi connectivity index (χ3n) is 3.60. The van der Waals surface area contributed by atoms with Crippen molar-refractivity contribution in [1.82, 2.24) is 5.32 Å². The molecule has 0 aromatic heterocycles. The molecule has 1 atom stereocenters. The number of amides is 1. The van der Waals surface area contributed by atoms with E-state index < -0.39 is 17.4 Å². The van der Waals surface area contributed by atoms with Crippen molar-refractivity contribution < 1.29 is 19.8 Å². The molecular weight excluding hydrogens is 282 g/mol. The van der Waals surface area contributed by atoms with Crippen LogP contribution in [0, 0.1) is 0 Å². The van der Waals surface area contributed by atoms with Gasteiger partial charge in [0.2, 0.25) is 5.91 Å². The number of aliphatic hydroxyl groups is 1. The lowest BCUT2D eigenvalue weighted by Crippen LogP contribution is -2.46. The topological polar surface area (TPSA) is 86.6 Å². The molecule has 0 radical (unpaired) electrons. The van der Waals surface area contributed by atoms with Crippen LogP contribution in [0.5, 0.6) is 0 Å². The normalized spacial score (nSPS) is 17.3. The molecule has 1 aliphatic carbocycles. The van der Waals surface area contributed by atoms with E-state index in [0.717, 1.165) is 5.56 Å². The first-order chi connectivity index (χ1) is 9.49. The van der Waals surface area contributed by atoms with Crippen LogP contribution in [-0.2, 0) is 15.0 Å². The molecule has 1 aliphatic rings. The average Bonchev–Trinajstić information content (AvgIpc) is 3.20. The number of rotatable bonds is 6. The molecule has 3 N–H and O–H groups in total. The van der Waals surface area contributed by atoms with Crippen molar-refractivity contribution >= 4 is 23.5 Å². The Hall–Kier alpha value is -1.59. The van der Waals surface area contributed by atoms with Crippen molar-refractivity contribution in [2.24, 2.45) is 0 Å². The van der Waals surface area contributed by atoms with Gasteiger partial charge in [0, 0.05) is 18.1 Å². The van der Waals surface area contributed by atoms with E-state index in [1.807, 2.05) is 0 Å². The molecule has 2 rings (SSSR count). The molecule has 1 saturated carbocycles. The van der Waals surface area contributed by atoms with Crippen molar-refractivity contribution in [3.8, 4) is 0 Å². The maximum Gasteiger partial charge on any atom is 0.326 e. The minimum atomic E-state index is -1.14. The van der Waals surface area contributed by atoms with Crippen molar-refractivity contribution in [1.29, 1.82) is 0 Å². The molecule has 1 aromatic carbocycles. The second kappa shape index (κ2) is 5.81. The van der Waals surface area contributed by atoms with E-state index in [1.165, 1.54) is 0 Å². The maximum absolute atomic E-state index is 12.3. The number of carbonyl (C=O) groups is 2. The number of carboxylic acid groups (broad SMARTS) is 1. The van der Waals surface area contributed by atoms with E-state index in [4.69, 9.17) is 21.8 Å². The predicted molar refractivity (Wildman–Crippen MR) is 73.6 cm³/mol. The number of carbonyl (C=O) groups excluding carboxylic acids is 1. The zero-order valence-corrected chi connectivity index (χ0v) is 11.6. The number of nitrogens with one attached hydrogen (secondary N) is 1. The first kappa shape index (κ1) is 14.8. The summed E-state index contributed by atoms with van der Waals surface area (Å²) in [7, 11) is 0. The summed E-state index contributed by atoms with van der Waals surface area (Å²) >= 11 is 5.82. The minimum absolute atomic E-state index is 0.00221. The van der Waals surface area contributed by atoms with Crippen LogP contribution in [0.2, 0.25) is 5.02 Å². The van der Waals surface area contributed by atoms with E-state index in [0.29, 0.717) is 17.9 Å². The van der Waals surface area contributed by atoms with Crippen LogP contribution in [0.25, 0.3) is 0 Å². The molecule has 0 aliphatic heterocycles. The van der Waals surface area contributed by atoms with Crippen LogP contribution in [0.4, 0.5) is 0 Å². The van der Waals surface area contributed by atoms with Crippen molar-refractivity contribution in [3.63, 3.8) is 0 Å². The third-order valence-corrected chi connectivity index (χ3v) is 3.85. The number of aliphatic carboxylic acids is 1. The standard InChI is InChI=1S/C14H16ClNO4/c15-10-3-1-9(2-4-10)14(6-7-14)13(20)16-11(5-8-17)12(18)19/h1-4,11,17H,5-8H2,(H,16,20)(H,18,19)/t11-/m0/s1. The van der Waals surface area contributed by atoms with E-state index in [9.17, 15) is 9.59 Å². The zero-order chi connectivity index (χ0) is 14.8. The molecular formula is C14H16ClNO4.